The zero-order chi connectivity index (χ0) is 21.6. The van der Waals surface area contributed by atoms with Crippen LogP contribution in [0, 0.1) is 11.3 Å². The fraction of sp³-hybridized carbons (Fsp3) is 0.391. The first-order valence-corrected chi connectivity index (χ1v) is 12.4. The number of hydrogen-bond donors (Lipinski definition) is 1. The summed E-state index contributed by atoms with van der Waals surface area (Å²) in [5, 5.41) is 22.6. The number of amides is 1. The van der Waals surface area contributed by atoms with Gasteiger partial charge in [-0.1, -0.05) is 42.1 Å². The van der Waals surface area contributed by atoms with E-state index in [1.54, 1.807) is 11.3 Å². The largest absolute Gasteiger partial charge is 0.316 e. The Kier molecular flexibility index (Phi) is 7.05. The van der Waals surface area contributed by atoms with E-state index < -0.39 is 0 Å². The summed E-state index contributed by atoms with van der Waals surface area (Å²) >= 11 is 2.94. The molecule has 160 valence electrons. The molecule has 0 saturated heterocycles. The molecule has 0 radical (unpaired) electrons. The van der Waals surface area contributed by atoms with E-state index in [1.165, 1.54) is 22.2 Å². The highest BCUT2D eigenvalue weighted by Crippen LogP contribution is 2.37. The second-order valence-electron chi connectivity index (χ2n) is 7.49. The summed E-state index contributed by atoms with van der Waals surface area (Å²) in [6, 6.07) is 12.6. The number of hydrogen-bond acceptors (Lipinski definition) is 6. The minimum Gasteiger partial charge on any atom is -0.316 e. The molecule has 1 aliphatic carbocycles. The minimum absolute atomic E-state index is 0.114. The Morgan fingerprint density at radius 3 is 2.81 bits per heavy atom. The van der Waals surface area contributed by atoms with Crippen LogP contribution in [0.2, 0.25) is 0 Å². The number of aromatic nitrogens is 3. The van der Waals surface area contributed by atoms with Crippen molar-refractivity contribution < 1.29 is 4.79 Å². The van der Waals surface area contributed by atoms with Crippen LogP contribution in [0.4, 0.5) is 5.00 Å². The Bertz CT molecular complexity index is 1100. The molecule has 2 aromatic heterocycles. The van der Waals surface area contributed by atoms with Crippen molar-refractivity contribution in [2.45, 2.75) is 57.1 Å². The zero-order valence-corrected chi connectivity index (χ0v) is 19.2. The number of benzene rings is 1. The Morgan fingerprint density at radius 1 is 1.23 bits per heavy atom. The lowest BCUT2D eigenvalue weighted by molar-refractivity contribution is -0.113. The van der Waals surface area contributed by atoms with Crippen LogP contribution in [0.1, 0.15) is 47.2 Å². The maximum absolute atomic E-state index is 12.6. The number of nitriles is 1. The first kappa shape index (κ1) is 21.6. The van der Waals surface area contributed by atoms with Crippen LogP contribution in [-0.2, 0) is 37.0 Å². The van der Waals surface area contributed by atoms with Crippen LogP contribution < -0.4 is 5.32 Å². The van der Waals surface area contributed by atoms with Crippen molar-refractivity contribution in [3.8, 4) is 6.07 Å². The van der Waals surface area contributed by atoms with Crippen molar-refractivity contribution in [3.63, 3.8) is 0 Å². The number of fused-ring (bicyclic) bond motifs is 1. The van der Waals surface area contributed by atoms with Gasteiger partial charge in [0, 0.05) is 17.8 Å². The Labute approximate surface area is 190 Å². The van der Waals surface area contributed by atoms with Crippen LogP contribution in [0.3, 0.4) is 0 Å². The van der Waals surface area contributed by atoms with E-state index in [4.69, 9.17) is 0 Å². The van der Waals surface area contributed by atoms with E-state index in [9.17, 15) is 10.1 Å². The molecule has 0 atom stereocenters. The van der Waals surface area contributed by atoms with Crippen LogP contribution in [0.15, 0.2) is 35.5 Å². The monoisotopic (exact) mass is 451 g/mol. The van der Waals surface area contributed by atoms with Crippen LogP contribution >= 0.6 is 23.1 Å². The summed E-state index contributed by atoms with van der Waals surface area (Å²) in [5.74, 6) is 1.06. The Morgan fingerprint density at radius 2 is 2.03 bits per heavy atom. The van der Waals surface area contributed by atoms with E-state index in [2.05, 4.69) is 45.2 Å². The molecule has 8 heteroatoms. The van der Waals surface area contributed by atoms with Gasteiger partial charge in [0.25, 0.3) is 0 Å². The summed E-state index contributed by atoms with van der Waals surface area (Å²) in [6.45, 7) is 2.83. The van der Waals surface area contributed by atoms with Crippen molar-refractivity contribution >= 4 is 34.0 Å². The lowest BCUT2D eigenvalue weighted by Crippen LogP contribution is -2.15. The molecule has 1 aromatic carbocycles. The molecule has 1 aliphatic rings. The number of aryl methyl sites for hydroxylation is 3. The van der Waals surface area contributed by atoms with Gasteiger partial charge >= 0.3 is 0 Å². The second kappa shape index (κ2) is 10.1. The number of carbonyl (C=O) groups excluding carboxylic acids is 1. The van der Waals surface area contributed by atoms with Gasteiger partial charge in [-0.15, -0.1) is 21.5 Å². The average molecular weight is 452 g/mol. The van der Waals surface area contributed by atoms with E-state index >= 15 is 0 Å². The molecule has 0 saturated carbocycles. The molecule has 31 heavy (non-hydrogen) atoms. The molecule has 1 N–H and O–H groups in total. The van der Waals surface area contributed by atoms with Gasteiger partial charge < -0.3 is 9.88 Å². The third kappa shape index (κ3) is 5.00. The predicted molar refractivity (Wildman–Crippen MR) is 125 cm³/mol. The number of thiophene rings is 1. The molecular weight excluding hydrogens is 426 g/mol. The highest BCUT2D eigenvalue weighted by molar-refractivity contribution is 7.99. The summed E-state index contributed by atoms with van der Waals surface area (Å²) < 4.78 is 2.07. The highest BCUT2D eigenvalue weighted by atomic mass is 32.2. The van der Waals surface area contributed by atoms with Gasteiger partial charge in [0.05, 0.1) is 11.3 Å². The van der Waals surface area contributed by atoms with Gasteiger partial charge in [0.1, 0.15) is 16.9 Å². The summed E-state index contributed by atoms with van der Waals surface area (Å²) in [5.41, 5.74) is 3.06. The molecule has 0 bridgehead atoms. The molecular formula is C23H25N5OS2. The molecule has 4 rings (SSSR count). The van der Waals surface area contributed by atoms with E-state index in [-0.39, 0.29) is 11.7 Å². The number of nitrogens with zero attached hydrogens (tertiary/aromatic N) is 4. The second-order valence-corrected chi connectivity index (χ2v) is 9.54. The molecule has 6 nitrogen and oxygen atoms in total. The highest BCUT2D eigenvalue weighted by Gasteiger charge is 2.22. The van der Waals surface area contributed by atoms with Gasteiger partial charge in [0.15, 0.2) is 5.16 Å². The van der Waals surface area contributed by atoms with Gasteiger partial charge in [-0.25, -0.2) is 0 Å². The van der Waals surface area contributed by atoms with E-state index in [0.717, 1.165) is 61.6 Å². The van der Waals surface area contributed by atoms with Gasteiger partial charge in [-0.2, -0.15) is 5.26 Å². The van der Waals surface area contributed by atoms with Gasteiger partial charge in [-0.05, 0) is 50.2 Å². The SMILES string of the molecule is CCn1c(CCc2ccccc2)nnc1SCC(=O)Nc1sc2c(c1C#N)CCCC2. The number of carbonyl (C=O) groups is 1. The minimum atomic E-state index is -0.114. The summed E-state index contributed by atoms with van der Waals surface area (Å²) in [6.07, 6.45) is 5.92. The summed E-state index contributed by atoms with van der Waals surface area (Å²) in [7, 11) is 0. The standard InChI is InChI=1S/C23H25N5OS2/c1-2-28-20(13-12-16-8-4-3-5-9-16)26-27-23(28)30-15-21(29)25-22-18(14-24)17-10-6-7-11-19(17)31-22/h3-5,8-9H,2,6-7,10-13,15H2,1H3,(H,25,29). The van der Waals surface area contributed by atoms with E-state index in [1.807, 2.05) is 18.2 Å². The maximum atomic E-state index is 12.6. The van der Waals surface area contributed by atoms with Crippen LogP contribution in [-0.4, -0.2) is 26.4 Å². The summed E-state index contributed by atoms with van der Waals surface area (Å²) in [4.78, 5) is 13.8. The normalized spacial score (nSPS) is 12.9. The van der Waals surface area contributed by atoms with Crippen molar-refractivity contribution in [1.29, 1.82) is 5.26 Å². The van der Waals surface area contributed by atoms with Gasteiger partial charge in [0.2, 0.25) is 5.91 Å². The molecule has 0 unspecified atom stereocenters. The van der Waals surface area contributed by atoms with Crippen molar-refractivity contribution in [2.24, 2.45) is 0 Å². The molecule has 0 spiro atoms. The maximum Gasteiger partial charge on any atom is 0.235 e. The number of anilines is 1. The van der Waals surface area contributed by atoms with Crippen molar-refractivity contribution in [1.82, 2.24) is 14.8 Å². The molecule has 1 amide bonds. The number of thioether (sulfide) groups is 1. The third-order valence-electron chi connectivity index (χ3n) is 5.46. The first-order valence-electron chi connectivity index (χ1n) is 10.6. The Balaban J connectivity index is 1.37. The molecule has 0 aliphatic heterocycles. The molecule has 0 fully saturated rings. The fourth-order valence-corrected chi connectivity index (χ4v) is 5.97. The lowest BCUT2D eigenvalue weighted by Gasteiger charge is -2.09. The van der Waals surface area contributed by atoms with Gasteiger partial charge in [-0.3, -0.25) is 4.79 Å². The topological polar surface area (TPSA) is 83.6 Å². The van der Waals surface area contributed by atoms with Crippen molar-refractivity contribution in [2.75, 3.05) is 11.1 Å². The Hall–Kier alpha value is -2.63. The smallest absolute Gasteiger partial charge is 0.235 e. The fourth-order valence-electron chi connectivity index (χ4n) is 3.89. The van der Waals surface area contributed by atoms with Crippen LogP contribution in [0.25, 0.3) is 0 Å². The average Bonchev–Trinajstić information content (AvgIpc) is 3.36. The number of nitrogens with one attached hydrogen (secondary N) is 1. The number of rotatable bonds is 8. The van der Waals surface area contributed by atoms with Crippen molar-refractivity contribution in [3.05, 3.63) is 57.7 Å². The van der Waals surface area contributed by atoms with Crippen LogP contribution in [0.5, 0.6) is 0 Å². The molecule has 3 aromatic rings. The lowest BCUT2D eigenvalue weighted by atomic mass is 9.96. The quantitative estimate of drug-likeness (QED) is 0.505. The zero-order valence-electron chi connectivity index (χ0n) is 17.6. The third-order valence-corrected chi connectivity index (χ3v) is 7.63. The molecule has 2 heterocycles. The van der Waals surface area contributed by atoms with E-state index in [0.29, 0.717) is 10.6 Å². The first-order chi connectivity index (χ1) is 15.2. The predicted octanol–water partition coefficient (Wildman–Crippen LogP) is 4.63.